The van der Waals surface area contributed by atoms with Crippen LogP contribution >= 0.6 is 11.3 Å². The highest BCUT2D eigenvalue weighted by molar-refractivity contribution is 7.09. The van der Waals surface area contributed by atoms with Gasteiger partial charge in [-0.15, -0.1) is 11.3 Å². The van der Waals surface area contributed by atoms with Crippen LogP contribution in [0.2, 0.25) is 0 Å². The second-order valence-electron chi connectivity index (χ2n) is 5.58. The average molecular weight is 351 g/mol. The number of amides is 2. The predicted molar refractivity (Wildman–Crippen MR) is 100 cm³/mol. The van der Waals surface area contributed by atoms with Crippen LogP contribution in [0.25, 0.3) is 0 Å². The van der Waals surface area contributed by atoms with Gasteiger partial charge < -0.3 is 10.6 Å². The van der Waals surface area contributed by atoms with E-state index in [2.05, 4.69) is 15.6 Å². The molecule has 0 aliphatic carbocycles. The summed E-state index contributed by atoms with van der Waals surface area (Å²) < 4.78 is 0. The number of thiazole rings is 1. The van der Waals surface area contributed by atoms with E-state index in [9.17, 15) is 9.59 Å². The lowest BCUT2D eigenvalue weighted by atomic mass is 10.1. The van der Waals surface area contributed by atoms with Gasteiger partial charge in [-0.05, 0) is 43.7 Å². The van der Waals surface area contributed by atoms with Crippen molar-refractivity contribution in [2.45, 2.75) is 13.8 Å². The van der Waals surface area contributed by atoms with Gasteiger partial charge in [0, 0.05) is 11.1 Å². The van der Waals surface area contributed by atoms with E-state index in [-0.39, 0.29) is 11.8 Å². The molecule has 0 radical (unpaired) electrons. The van der Waals surface area contributed by atoms with Crippen molar-refractivity contribution in [1.82, 2.24) is 4.98 Å². The number of aryl methyl sites for hydroxylation is 2. The van der Waals surface area contributed by atoms with Crippen molar-refractivity contribution in [3.05, 3.63) is 75.7 Å². The van der Waals surface area contributed by atoms with Crippen LogP contribution in [0.5, 0.6) is 0 Å². The molecule has 2 amide bonds. The number of rotatable bonds is 4. The molecule has 25 heavy (non-hydrogen) atoms. The first kappa shape index (κ1) is 16.9. The van der Waals surface area contributed by atoms with Gasteiger partial charge in [0.25, 0.3) is 11.8 Å². The zero-order chi connectivity index (χ0) is 17.8. The molecule has 3 aromatic rings. The number of aromatic nitrogens is 1. The van der Waals surface area contributed by atoms with Crippen LogP contribution in [0, 0.1) is 13.8 Å². The first-order valence-corrected chi connectivity index (χ1v) is 8.61. The van der Waals surface area contributed by atoms with E-state index in [1.54, 1.807) is 29.6 Å². The molecular formula is C19H17N3O2S. The summed E-state index contributed by atoms with van der Waals surface area (Å²) in [6, 6.07) is 14.4. The summed E-state index contributed by atoms with van der Waals surface area (Å²) >= 11 is 1.41. The van der Waals surface area contributed by atoms with E-state index in [1.807, 2.05) is 38.1 Å². The quantitative estimate of drug-likeness (QED) is 0.737. The summed E-state index contributed by atoms with van der Waals surface area (Å²) in [5.41, 5.74) is 2.95. The minimum atomic E-state index is -0.333. The lowest BCUT2D eigenvalue weighted by Crippen LogP contribution is -2.18. The van der Waals surface area contributed by atoms with Crippen molar-refractivity contribution < 1.29 is 9.59 Å². The van der Waals surface area contributed by atoms with Gasteiger partial charge in [0.1, 0.15) is 5.69 Å². The van der Waals surface area contributed by atoms with E-state index >= 15 is 0 Å². The maximum Gasteiger partial charge on any atom is 0.275 e. The molecule has 2 N–H and O–H groups in total. The fourth-order valence-corrected chi connectivity index (χ4v) is 2.96. The Kier molecular flexibility index (Phi) is 4.90. The predicted octanol–water partition coefficient (Wildman–Crippen LogP) is 4.26. The maximum absolute atomic E-state index is 12.6. The molecule has 0 unspecified atom stereocenters. The Balaban J connectivity index is 1.80. The molecule has 0 saturated carbocycles. The molecule has 0 atom stereocenters. The Morgan fingerprint density at radius 2 is 1.76 bits per heavy atom. The third kappa shape index (κ3) is 4.10. The van der Waals surface area contributed by atoms with Crippen LogP contribution in [-0.2, 0) is 0 Å². The highest BCUT2D eigenvalue weighted by Gasteiger charge is 2.15. The first-order chi connectivity index (χ1) is 12.0. The Morgan fingerprint density at radius 3 is 2.48 bits per heavy atom. The molecule has 0 fully saturated rings. The van der Waals surface area contributed by atoms with Gasteiger partial charge in [0.05, 0.1) is 16.3 Å². The summed E-state index contributed by atoms with van der Waals surface area (Å²) in [6.07, 6.45) is 0. The number of nitrogens with zero attached hydrogens (tertiary/aromatic N) is 1. The van der Waals surface area contributed by atoms with Gasteiger partial charge >= 0.3 is 0 Å². The van der Waals surface area contributed by atoms with Gasteiger partial charge in [-0.3, -0.25) is 9.59 Å². The SMILES string of the molecule is Cc1cccc(NC(=O)c2ccccc2NC(=O)c2csc(C)n2)c1. The molecule has 126 valence electrons. The normalized spacial score (nSPS) is 10.3. The molecule has 0 bridgehead atoms. The molecule has 6 heteroatoms. The second kappa shape index (κ2) is 7.27. The van der Waals surface area contributed by atoms with Gasteiger partial charge in [-0.1, -0.05) is 24.3 Å². The van der Waals surface area contributed by atoms with Crippen LogP contribution in [0.3, 0.4) is 0 Å². The number of carbonyl (C=O) groups excluding carboxylic acids is 2. The summed E-state index contributed by atoms with van der Waals surface area (Å²) in [7, 11) is 0. The van der Waals surface area contributed by atoms with Crippen molar-refractivity contribution in [2.24, 2.45) is 0 Å². The highest BCUT2D eigenvalue weighted by atomic mass is 32.1. The van der Waals surface area contributed by atoms with Crippen molar-refractivity contribution in [3.8, 4) is 0 Å². The Morgan fingerprint density at radius 1 is 0.960 bits per heavy atom. The lowest BCUT2D eigenvalue weighted by Gasteiger charge is -2.11. The van der Waals surface area contributed by atoms with Crippen LogP contribution in [0.1, 0.15) is 31.4 Å². The van der Waals surface area contributed by atoms with E-state index < -0.39 is 0 Å². The van der Waals surface area contributed by atoms with Crippen molar-refractivity contribution in [3.63, 3.8) is 0 Å². The highest BCUT2D eigenvalue weighted by Crippen LogP contribution is 2.19. The summed E-state index contributed by atoms with van der Waals surface area (Å²) in [5.74, 6) is -0.615. The van der Waals surface area contributed by atoms with E-state index in [0.717, 1.165) is 10.6 Å². The standard InChI is InChI=1S/C19H17N3O2S/c1-12-6-5-7-14(10-12)21-18(23)15-8-3-4-9-16(15)22-19(24)17-11-25-13(2)20-17/h3-11H,1-2H3,(H,21,23)(H,22,24). The van der Waals surface area contributed by atoms with Crippen LogP contribution in [-0.4, -0.2) is 16.8 Å². The molecule has 5 nitrogen and oxygen atoms in total. The van der Waals surface area contributed by atoms with Crippen LogP contribution < -0.4 is 10.6 Å². The molecular weight excluding hydrogens is 334 g/mol. The second-order valence-corrected chi connectivity index (χ2v) is 6.64. The Labute approximate surface area is 149 Å². The summed E-state index contributed by atoms with van der Waals surface area (Å²) in [5, 5.41) is 8.13. The minimum absolute atomic E-state index is 0.282. The molecule has 3 rings (SSSR count). The lowest BCUT2D eigenvalue weighted by molar-refractivity contribution is 0.102. The van der Waals surface area contributed by atoms with Gasteiger partial charge in [0.2, 0.25) is 0 Å². The maximum atomic E-state index is 12.6. The first-order valence-electron chi connectivity index (χ1n) is 7.73. The Hall–Kier alpha value is -2.99. The molecule has 0 spiro atoms. The van der Waals surface area contributed by atoms with E-state index in [0.29, 0.717) is 22.6 Å². The summed E-state index contributed by atoms with van der Waals surface area (Å²) in [6.45, 7) is 3.80. The van der Waals surface area contributed by atoms with Crippen LogP contribution in [0.15, 0.2) is 53.9 Å². The number of para-hydroxylation sites is 1. The molecule has 1 heterocycles. The molecule has 2 aromatic carbocycles. The van der Waals surface area contributed by atoms with Gasteiger partial charge in [-0.2, -0.15) is 0 Å². The van der Waals surface area contributed by atoms with E-state index in [4.69, 9.17) is 0 Å². The molecule has 0 aliphatic heterocycles. The minimum Gasteiger partial charge on any atom is -0.322 e. The van der Waals surface area contributed by atoms with Crippen molar-refractivity contribution in [1.29, 1.82) is 0 Å². The zero-order valence-corrected chi connectivity index (χ0v) is 14.7. The average Bonchev–Trinajstić information content (AvgIpc) is 3.02. The number of anilines is 2. The third-order valence-corrected chi connectivity index (χ3v) is 4.32. The number of hydrogen-bond acceptors (Lipinski definition) is 4. The fourth-order valence-electron chi connectivity index (χ4n) is 2.37. The monoisotopic (exact) mass is 351 g/mol. The van der Waals surface area contributed by atoms with Crippen molar-refractivity contribution in [2.75, 3.05) is 10.6 Å². The number of hydrogen-bond donors (Lipinski definition) is 2. The van der Waals surface area contributed by atoms with Gasteiger partial charge in [0.15, 0.2) is 0 Å². The van der Waals surface area contributed by atoms with Crippen LogP contribution in [0.4, 0.5) is 11.4 Å². The number of benzene rings is 2. The summed E-state index contributed by atoms with van der Waals surface area (Å²) in [4.78, 5) is 29.1. The largest absolute Gasteiger partial charge is 0.322 e. The van der Waals surface area contributed by atoms with Gasteiger partial charge in [-0.25, -0.2) is 4.98 Å². The topological polar surface area (TPSA) is 71.1 Å². The third-order valence-electron chi connectivity index (χ3n) is 3.55. The number of carbonyl (C=O) groups is 2. The zero-order valence-electron chi connectivity index (χ0n) is 13.9. The molecule has 1 aromatic heterocycles. The van der Waals surface area contributed by atoms with Crippen molar-refractivity contribution >= 4 is 34.5 Å². The van der Waals surface area contributed by atoms with E-state index in [1.165, 1.54) is 11.3 Å². The molecule has 0 saturated heterocycles. The fraction of sp³-hybridized carbons (Fsp3) is 0.105. The molecule has 0 aliphatic rings. The Bertz CT molecular complexity index is 934. The smallest absolute Gasteiger partial charge is 0.275 e. The number of nitrogens with one attached hydrogen (secondary N) is 2.